The molecule has 0 amide bonds. The largest absolute Gasteiger partial charge is 0.490 e. The lowest BCUT2D eigenvalue weighted by molar-refractivity contribution is 0.242. The van der Waals surface area contributed by atoms with Gasteiger partial charge in [-0.2, -0.15) is 0 Å². The van der Waals surface area contributed by atoms with Crippen LogP contribution in [0.4, 0.5) is 0 Å². The fraction of sp³-hybridized carbons (Fsp3) is 0.556. The smallest absolute Gasteiger partial charge is 0.126 e. The Bertz CT molecular complexity index is 421. The number of hydrogen-bond donors (Lipinski definition) is 1. The van der Waals surface area contributed by atoms with Gasteiger partial charge in [0.05, 0.1) is 6.10 Å². The van der Waals surface area contributed by atoms with Crippen LogP contribution in [0.1, 0.15) is 46.6 Å². The molecule has 0 aromatic heterocycles. The second-order valence-electron chi connectivity index (χ2n) is 5.89. The van der Waals surface area contributed by atoms with Gasteiger partial charge in [0.1, 0.15) is 5.75 Å². The van der Waals surface area contributed by atoms with Crippen LogP contribution in [0, 0.1) is 5.92 Å². The van der Waals surface area contributed by atoms with Crippen molar-refractivity contribution in [2.24, 2.45) is 5.92 Å². The van der Waals surface area contributed by atoms with Crippen molar-refractivity contribution >= 4 is 6.08 Å². The lowest BCUT2D eigenvalue weighted by Gasteiger charge is -2.14. The van der Waals surface area contributed by atoms with E-state index in [0.29, 0.717) is 5.92 Å². The molecule has 1 aromatic carbocycles. The molecule has 0 fully saturated rings. The number of ether oxygens (including phenoxy) is 1. The summed E-state index contributed by atoms with van der Waals surface area (Å²) < 4.78 is 5.87. The Kier molecular flexibility index (Phi) is 7.38. The molecule has 1 rings (SSSR count). The summed E-state index contributed by atoms with van der Waals surface area (Å²) in [6, 6.07) is 8.25. The van der Waals surface area contributed by atoms with Crippen molar-refractivity contribution in [3.05, 3.63) is 35.4 Å². The second kappa shape index (κ2) is 8.80. The first-order valence-corrected chi connectivity index (χ1v) is 7.68. The van der Waals surface area contributed by atoms with Gasteiger partial charge in [0, 0.05) is 12.1 Å². The van der Waals surface area contributed by atoms with Crippen LogP contribution < -0.4 is 10.1 Å². The molecule has 0 heterocycles. The zero-order valence-corrected chi connectivity index (χ0v) is 13.6. The molecule has 0 spiro atoms. The summed E-state index contributed by atoms with van der Waals surface area (Å²) >= 11 is 0. The van der Waals surface area contributed by atoms with E-state index in [1.54, 1.807) is 0 Å². The normalized spacial score (nSPS) is 12.2. The highest BCUT2D eigenvalue weighted by Crippen LogP contribution is 2.22. The van der Waals surface area contributed by atoms with Crippen molar-refractivity contribution in [2.75, 3.05) is 13.1 Å². The van der Waals surface area contributed by atoms with Gasteiger partial charge in [-0.25, -0.2) is 0 Å². The van der Waals surface area contributed by atoms with Crippen molar-refractivity contribution in [3.8, 4) is 5.75 Å². The van der Waals surface area contributed by atoms with E-state index >= 15 is 0 Å². The Morgan fingerprint density at radius 3 is 2.50 bits per heavy atom. The highest BCUT2D eigenvalue weighted by molar-refractivity contribution is 5.60. The summed E-state index contributed by atoms with van der Waals surface area (Å²) in [6.45, 7) is 12.8. The van der Waals surface area contributed by atoms with E-state index in [4.69, 9.17) is 4.74 Å². The summed E-state index contributed by atoms with van der Waals surface area (Å²) in [5, 5.41) is 3.51. The van der Waals surface area contributed by atoms with Crippen LogP contribution in [0.25, 0.3) is 6.08 Å². The standard InChI is InChI=1S/C18H29NO/c1-6-16(13-19-12-14(2)3)11-17-9-7-8-10-18(17)20-15(4)5/h7-11,14-15,19H,6,12-13H2,1-5H3. The maximum absolute atomic E-state index is 5.87. The number of nitrogens with one attached hydrogen (secondary N) is 1. The van der Waals surface area contributed by atoms with Gasteiger partial charge in [-0.3, -0.25) is 0 Å². The first-order chi connectivity index (χ1) is 9.52. The van der Waals surface area contributed by atoms with Crippen LogP contribution in [-0.4, -0.2) is 19.2 Å². The van der Waals surface area contributed by atoms with Crippen LogP contribution in [0.15, 0.2) is 29.8 Å². The highest BCUT2D eigenvalue weighted by Gasteiger charge is 2.04. The van der Waals surface area contributed by atoms with Gasteiger partial charge in [0.15, 0.2) is 0 Å². The van der Waals surface area contributed by atoms with Gasteiger partial charge in [-0.15, -0.1) is 0 Å². The topological polar surface area (TPSA) is 21.3 Å². The van der Waals surface area contributed by atoms with Crippen LogP contribution in [0.5, 0.6) is 5.75 Å². The van der Waals surface area contributed by atoms with E-state index in [-0.39, 0.29) is 6.10 Å². The molecule has 0 bridgehead atoms. The SMILES string of the molecule is CCC(=Cc1ccccc1OC(C)C)CNCC(C)C. The van der Waals surface area contributed by atoms with Gasteiger partial charge < -0.3 is 10.1 Å². The van der Waals surface area contributed by atoms with Gasteiger partial charge >= 0.3 is 0 Å². The maximum Gasteiger partial charge on any atom is 0.126 e. The van der Waals surface area contributed by atoms with Gasteiger partial charge in [-0.05, 0) is 38.8 Å². The maximum atomic E-state index is 5.87. The minimum Gasteiger partial charge on any atom is -0.490 e. The van der Waals surface area contributed by atoms with E-state index in [1.807, 2.05) is 12.1 Å². The van der Waals surface area contributed by atoms with Gasteiger partial charge in [0.25, 0.3) is 0 Å². The lowest BCUT2D eigenvalue weighted by atomic mass is 10.1. The van der Waals surface area contributed by atoms with E-state index < -0.39 is 0 Å². The van der Waals surface area contributed by atoms with Gasteiger partial charge in [0.2, 0.25) is 0 Å². The molecule has 1 aromatic rings. The number of para-hydroxylation sites is 1. The quantitative estimate of drug-likeness (QED) is 0.753. The summed E-state index contributed by atoms with van der Waals surface area (Å²) in [5.41, 5.74) is 2.58. The molecule has 2 nitrogen and oxygen atoms in total. The van der Waals surface area contributed by atoms with E-state index in [9.17, 15) is 0 Å². The number of benzene rings is 1. The monoisotopic (exact) mass is 275 g/mol. The lowest BCUT2D eigenvalue weighted by Crippen LogP contribution is -2.21. The van der Waals surface area contributed by atoms with E-state index in [1.165, 1.54) is 11.1 Å². The molecule has 0 aliphatic heterocycles. The van der Waals surface area contributed by atoms with Crippen molar-refractivity contribution in [3.63, 3.8) is 0 Å². The zero-order valence-electron chi connectivity index (χ0n) is 13.6. The van der Waals surface area contributed by atoms with Crippen molar-refractivity contribution in [2.45, 2.75) is 47.1 Å². The molecule has 0 aliphatic carbocycles. The predicted octanol–water partition coefficient (Wildman–Crippen LogP) is 4.51. The highest BCUT2D eigenvalue weighted by atomic mass is 16.5. The average molecular weight is 275 g/mol. The van der Waals surface area contributed by atoms with Crippen molar-refractivity contribution in [1.29, 1.82) is 0 Å². The molecule has 0 saturated carbocycles. The van der Waals surface area contributed by atoms with Crippen LogP contribution in [0.2, 0.25) is 0 Å². The van der Waals surface area contributed by atoms with E-state index in [0.717, 1.165) is 25.3 Å². The third-order valence-electron chi connectivity index (χ3n) is 3.00. The molecule has 0 radical (unpaired) electrons. The molecular formula is C18H29NO. The molecule has 20 heavy (non-hydrogen) atoms. The average Bonchev–Trinajstić information content (AvgIpc) is 2.38. The van der Waals surface area contributed by atoms with Crippen LogP contribution in [0.3, 0.4) is 0 Å². The Morgan fingerprint density at radius 2 is 1.90 bits per heavy atom. The minimum atomic E-state index is 0.202. The summed E-state index contributed by atoms with van der Waals surface area (Å²) in [7, 11) is 0. The fourth-order valence-corrected chi connectivity index (χ4v) is 1.98. The van der Waals surface area contributed by atoms with Crippen LogP contribution >= 0.6 is 0 Å². The Hall–Kier alpha value is -1.28. The van der Waals surface area contributed by atoms with Crippen molar-refractivity contribution < 1.29 is 4.74 Å². The zero-order chi connectivity index (χ0) is 15.0. The third-order valence-corrected chi connectivity index (χ3v) is 3.00. The van der Waals surface area contributed by atoms with E-state index in [2.05, 4.69) is 58.1 Å². The van der Waals surface area contributed by atoms with Gasteiger partial charge in [-0.1, -0.05) is 50.6 Å². The molecule has 0 atom stereocenters. The molecular weight excluding hydrogens is 246 g/mol. The third kappa shape index (κ3) is 6.25. The molecule has 0 unspecified atom stereocenters. The number of rotatable bonds is 8. The molecule has 112 valence electrons. The predicted molar refractivity (Wildman–Crippen MR) is 88.2 cm³/mol. The molecule has 0 aliphatic rings. The van der Waals surface area contributed by atoms with Crippen LogP contribution in [-0.2, 0) is 0 Å². The summed E-state index contributed by atoms with van der Waals surface area (Å²) in [6.07, 6.45) is 3.51. The second-order valence-corrected chi connectivity index (χ2v) is 5.89. The summed E-state index contributed by atoms with van der Waals surface area (Å²) in [5.74, 6) is 1.65. The Morgan fingerprint density at radius 1 is 1.20 bits per heavy atom. The Labute approximate surface area is 124 Å². The minimum absolute atomic E-state index is 0.202. The Balaban J connectivity index is 2.78. The van der Waals surface area contributed by atoms with Crippen molar-refractivity contribution in [1.82, 2.24) is 5.32 Å². The number of hydrogen-bond acceptors (Lipinski definition) is 2. The molecule has 1 N–H and O–H groups in total. The first kappa shape index (κ1) is 16.8. The fourth-order valence-electron chi connectivity index (χ4n) is 1.98. The molecule has 2 heteroatoms. The first-order valence-electron chi connectivity index (χ1n) is 7.68. The summed E-state index contributed by atoms with van der Waals surface area (Å²) in [4.78, 5) is 0. The molecule has 0 saturated heterocycles.